The molecule has 6 heteroatoms. The number of ether oxygens (including phenoxy) is 1. The molecule has 0 saturated heterocycles. The maximum atomic E-state index is 13.0. The third kappa shape index (κ3) is 3.03. The van der Waals surface area contributed by atoms with Gasteiger partial charge in [-0.2, -0.15) is 0 Å². The highest BCUT2D eigenvalue weighted by atomic mass is 35.5. The van der Waals surface area contributed by atoms with E-state index < -0.39 is 10.0 Å². The van der Waals surface area contributed by atoms with Crippen LogP contribution in [0, 0.1) is 0 Å². The third-order valence-electron chi connectivity index (χ3n) is 3.88. The third-order valence-corrected chi connectivity index (χ3v) is 5.94. The van der Waals surface area contributed by atoms with E-state index in [-0.39, 0.29) is 11.4 Å². The van der Waals surface area contributed by atoms with E-state index in [1.165, 1.54) is 4.31 Å². The van der Waals surface area contributed by atoms with E-state index in [9.17, 15) is 8.42 Å². The summed E-state index contributed by atoms with van der Waals surface area (Å²) in [5.74, 6) is 0.851. The number of benzene rings is 2. The standard InChI is InChI=1S/C17H18ClNO3S/c1-12(2)13-3-6-15(7-4-13)23(20,21)19-9-10-22-17-11-14(18)5-8-16(17)19/h3-8,11-12H,9-10H2,1-2H3. The molecule has 2 aromatic rings. The highest BCUT2D eigenvalue weighted by Crippen LogP contribution is 2.37. The summed E-state index contributed by atoms with van der Waals surface area (Å²) in [4.78, 5) is 0.282. The molecule has 0 bridgehead atoms. The van der Waals surface area contributed by atoms with Gasteiger partial charge in [0, 0.05) is 11.1 Å². The van der Waals surface area contributed by atoms with Gasteiger partial charge in [0.25, 0.3) is 10.0 Å². The molecule has 0 N–H and O–H groups in total. The molecule has 1 aliphatic heterocycles. The Bertz CT molecular complexity index is 816. The smallest absolute Gasteiger partial charge is 0.264 e. The van der Waals surface area contributed by atoms with E-state index in [2.05, 4.69) is 13.8 Å². The van der Waals surface area contributed by atoms with Gasteiger partial charge in [0.1, 0.15) is 12.4 Å². The Labute approximate surface area is 141 Å². The Kier molecular flexibility index (Phi) is 4.25. The van der Waals surface area contributed by atoms with Crippen molar-refractivity contribution in [3.8, 4) is 5.75 Å². The van der Waals surface area contributed by atoms with E-state index in [1.807, 2.05) is 12.1 Å². The molecule has 2 aromatic carbocycles. The zero-order valence-electron chi connectivity index (χ0n) is 13.0. The average molecular weight is 352 g/mol. The number of rotatable bonds is 3. The summed E-state index contributed by atoms with van der Waals surface area (Å²) in [7, 11) is -3.62. The first-order valence-electron chi connectivity index (χ1n) is 7.44. The highest BCUT2D eigenvalue weighted by molar-refractivity contribution is 7.92. The van der Waals surface area contributed by atoms with Crippen LogP contribution in [0.4, 0.5) is 5.69 Å². The molecule has 122 valence electrons. The highest BCUT2D eigenvalue weighted by Gasteiger charge is 2.30. The molecular weight excluding hydrogens is 334 g/mol. The van der Waals surface area contributed by atoms with Crippen molar-refractivity contribution in [2.45, 2.75) is 24.7 Å². The summed E-state index contributed by atoms with van der Waals surface area (Å²) in [6, 6.07) is 12.0. The van der Waals surface area contributed by atoms with Gasteiger partial charge in [-0.25, -0.2) is 8.42 Å². The summed E-state index contributed by atoms with van der Waals surface area (Å²) >= 11 is 5.95. The Balaban J connectivity index is 2.01. The second-order valence-electron chi connectivity index (χ2n) is 5.76. The number of hydrogen-bond acceptors (Lipinski definition) is 3. The Morgan fingerprint density at radius 1 is 1.13 bits per heavy atom. The minimum Gasteiger partial charge on any atom is -0.489 e. The number of halogens is 1. The lowest BCUT2D eigenvalue weighted by Crippen LogP contribution is -2.37. The van der Waals surface area contributed by atoms with Crippen molar-refractivity contribution in [2.24, 2.45) is 0 Å². The molecule has 0 fully saturated rings. The predicted molar refractivity (Wildman–Crippen MR) is 92.0 cm³/mol. The number of fused-ring (bicyclic) bond motifs is 1. The number of hydrogen-bond donors (Lipinski definition) is 0. The van der Waals surface area contributed by atoms with Crippen LogP contribution in [-0.4, -0.2) is 21.6 Å². The zero-order chi connectivity index (χ0) is 16.6. The van der Waals surface area contributed by atoms with Gasteiger partial charge in [-0.3, -0.25) is 4.31 Å². The topological polar surface area (TPSA) is 46.6 Å². The SMILES string of the molecule is CC(C)c1ccc(S(=O)(=O)N2CCOc3cc(Cl)ccc32)cc1. The maximum absolute atomic E-state index is 13.0. The van der Waals surface area contributed by atoms with Crippen LogP contribution in [0.1, 0.15) is 25.3 Å². The van der Waals surface area contributed by atoms with Crippen molar-refractivity contribution in [1.82, 2.24) is 0 Å². The molecule has 4 nitrogen and oxygen atoms in total. The van der Waals surface area contributed by atoms with Gasteiger partial charge < -0.3 is 4.74 Å². The van der Waals surface area contributed by atoms with Crippen molar-refractivity contribution >= 4 is 27.3 Å². The summed E-state index contributed by atoms with van der Waals surface area (Å²) in [5, 5.41) is 0.518. The van der Waals surface area contributed by atoms with Crippen LogP contribution in [0.15, 0.2) is 47.4 Å². The quantitative estimate of drug-likeness (QED) is 0.838. The molecule has 0 atom stereocenters. The maximum Gasteiger partial charge on any atom is 0.264 e. The van der Waals surface area contributed by atoms with Crippen LogP contribution in [0.3, 0.4) is 0 Å². The first kappa shape index (κ1) is 16.1. The molecule has 1 heterocycles. The molecule has 0 aliphatic carbocycles. The molecule has 0 amide bonds. The van der Waals surface area contributed by atoms with Gasteiger partial charge in [0.05, 0.1) is 17.1 Å². The lowest BCUT2D eigenvalue weighted by molar-refractivity contribution is 0.316. The Morgan fingerprint density at radius 2 is 1.83 bits per heavy atom. The summed E-state index contributed by atoms with van der Waals surface area (Å²) in [6.07, 6.45) is 0. The van der Waals surface area contributed by atoms with Crippen molar-refractivity contribution in [3.63, 3.8) is 0 Å². The Morgan fingerprint density at radius 3 is 2.48 bits per heavy atom. The zero-order valence-corrected chi connectivity index (χ0v) is 14.6. The fourth-order valence-corrected chi connectivity index (χ4v) is 4.19. The van der Waals surface area contributed by atoms with E-state index in [4.69, 9.17) is 16.3 Å². The van der Waals surface area contributed by atoms with Crippen molar-refractivity contribution < 1.29 is 13.2 Å². The molecule has 0 spiro atoms. The van der Waals surface area contributed by atoms with Crippen molar-refractivity contribution in [3.05, 3.63) is 53.1 Å². The first-order chi connectivity index (χ1) is 10.9. The first-order valence-corrected chi connectivity index (χ1v) is 9.26. The van der Waals surface area contributed by atoms with Gasteiger partial charge in [-0.05, 0) is 35.7 Å². The number of nitrogens with zero attached hydrogens (tertiary/aromatic N) is 1. The van der Waals surface area contributed by atoms with Crippen LogP contribution in [-0.2, 0) is 10.0 Å². The molecule has 23 heavy (non-hydrogen) atoms. The largest absolute Gasteiger partial charge is 0.489 e. The van der Waals surface area contributed by atoms with Crippen LogP contribution in [0.2, 0.25) is 5.02 Å². The van der Waals surface area contributed by atoms with Gasteiger partial charge in [-0.15, -0.1) is 0 Å². The molecule has 0 radical (unpaired) electrons. The van der Waals surface area contributed by atoms with Gasteiger partial charge >= 0.3 is 0 Å². The summed E-state index contributed by atoms with van der Waals surface area (Å²) in [6.45, 7) is 4.73. The summed E-state index contributed by atoms with van der Waals surface area (Å²) < 4.78 is 32.8. The van der Waals surface area contributed by atoms with Gasteiger partial charge in [0.2, 0.25) is 0 Å². The Hall–Kier alpha value is -1.72. The van der Waals surface area contributed by atoms with Crippen LogP contribution in [0.25, 0.3) is 0 Å². The number of anilines is 1. The van der Waals surface area contributed by atoms with Crippen molar-refractivity contribution in [1.29, 1.82) is 0 Å². The van der Waals surface area contributed by atoms with E-state index in [1.54, 1.807) is 30.3 Å². The monoisotopic (exact) mass is 351 g/mol. The average Bonchev–Trinajstić information content (AvgIpc) is 2.54. The molecular formula is C17H18ClNO3S. The molecule has 3 rings (SSSR count). The molecule has 1 aliphatic rings. The van der Waals surface area contributed by atoms with Gasteiger partial charge in [-0.1, -0.05) is 37.6 Å². The lowest BCUT2D eigenvalue weighted by Gasteiger charge is -2.30. The fourth-order valence-electron chi connectivity index (χ4n) is 2.57. The number of sulfonamides is 1. The minimum atomic E-state index is -3.62. The van der Waals surface area contributed by atoms with Crippen molar-refractivity contribution in [2.75, 3.05) is 17.5 Å². The van der Waals surface area contributed by atoms with Crippen LogP contribution >= 0.6 is 11.6 Å². The summed E-state index contributed by atoms with van der Waals surface area (Å²) in [5.41, 5.74) is 1.63. The normalized spacial score (nSPS) is 14.5. The lowest BCUT2D eigenvalue weighted by atomic mass is 10.0. The molecule has 0 unspecified atom stereocenters. The second-order valence-corrected chi connectivity index (χ2v) is 8.06. The minimum absolute atomic E-state index is 0.281. The molecule has 0 saturated carbocycles. The molecule has 0 aromatic heterocycles. The fraction of sp³-hybridized carbons (Fsp3) is 0.294. The van der Waals surface area contributed by atoms with E-state index >= 15 is 0 Å². The van der Waals surface area contributed by atoms with E-state index in [0.717, 1.165) is 5.56 Å². The van der Waals surface area contributed by atoms with Crippen LogP contribution in [0.5, 0.6) is 5.75 Å². The second kappa shape index (κ2) is 6.06. The van der Waals surface area contributed by atoms with Gasteiger partial charge in [0.15, 0.2) is 0 Å². The predicted octanol–water partition coefficient (Wildman–Crippen LogP) is 4.05. The van der Waals surface area contributed by atoms with E-state index in [0.29, 0.717) is 29.0 Å². The van der Waals surface area contributed by atoms with Crippen LogP contribution < -0.4 is 9.04 Å².